The van der Waals surface area contributed by atoms with Crippen molar-refractivity contribution in [3.05, 3.63) is 28.0 Å². The average Bonchev–Trinajstić information content (AvgIpc) is 2.72. The molecule has 0 aliphatic heterocycles. The molecule has 1 rings (SSSR count). The van der Waals surface area contributed by atoms with Gasteiger partial charge in [0.15, 0.2) is 0 Å². The molecule has 3 N–H and O–H groups in total. The van der Waals surface area contributed by atoms with Crippen LogP contribution in [0.3, 0.4) is 0 Å². The number of aliphatic carboxylic acids is 1. The lowest BCUT2D eigenvalue weighted by molar-refractivity contribution is -0.131. The Balaban J connectivity index is 2.62. The van der Waals surface area contributed by atoms with Crippen molar-refractivity contribution in [2.24, 2.45) is 5.73 Å². The molecule has 0 bridgehead atoms. The quantitative estimate of drug-likeness (QED) is 0.727. The highest BCUT2D eigenvalue weighted by Gasteiger charge is 2.08. The molecule has 0 fully saturated rings. The van der Waals surface area contributed by atoms with Crippen LogP contribution in [0.4, 0.5) is 0 Å². The summed E-state index contributed by atoms with van der Waals surface area (Å²) in [5.74, 6) is -1.31. The first-order valence-electron chi connectivity index (χ1n) is 5.51. The largest absolute Gasteiger partial charge is 0.478 e. The van der Waals surface area contributed by atoms with E-state index in [-0.39, 0.29) is 12.5 Å². The number of carboxylic acids is 1. The summed E-state index contributed by atoms with van der Waals surface area (Å²) in [6.45, 7) is 3.57. The minimum atomic E-state index is -0.964. The van der Waals surface area contributed by atoms with Crippen molar-refractivity contribution in [2.75, 3.05) is 13.1 Å². The second-order valence-electron chi connectivity index (χ2n) is 3.75. The van der Waals surface area contributed by atoms with Crippen LogP contribution in [0.15, 0.2) is 18.2 Å². The van der Waals surface area contributed by atoms with Crippen LogP contribution in [0.1, 0.15) is 16.7 Å². The van der Waals surface area contributed by atoms with Crippen molar-refractivity contribution in [1.29, 1.82) is 0 Å². The zero-order valence-electron chi connectivity index (χ0n) is 10.1. The molecule has 98 valence electrons. The Hall–Kier alpha value is -1.66. The molecule has 6 heteroatoms. The molecule has 1 aromatic rings. The number of amides is 1. The lowest BCUT2D eigenvalue weighted by Crippen LogP contribution is -2.32. The predicted molar refractivity (Wildman–Crippen MR) is 71.1 cm³/mol. The number of thiophene rings is 1. The third-order valence-electron chi connectivity index (χ3n) is 2.28. The number of carbonyl (C=O) groups excluding carboxylic acids is 1. The molecule has 0 aliphatic carbocycles. The Kier molecular flexibility index (Phi) is 5.54. The molecule has 0 aromatic carbocycles. The Morgan fingerprint density at radius 1 is 1.50 bits per heavy atom. The maximum atomic E-state index is 10.8. The van der Waals surface area contributed by atoms with Crippen molar-refractivity contribution >= 4 is 29.3 Å². The standard InChI is InChI=1S/C12H16N2O3S/c1-2-14(8-11(13)15)7-10-4-3-9(18-10)5-6-12(16)17/h3-6H,2,7-8H2,1H3,(H2,13,15)(H,16,17)/b6-5+. The summed E-state index contributed by atoms with van der Waals surface area (Å²) in [4.78, 5) is 25.1. The molecular formula is C12H16N2O3S. The fraction of sp³-hybridized carbons (Fsp3) is 0.333. The van der Waals surface area contributed by atoms with Crippen LogP contribution in [0.5, 0.6) is 0 Å². The minimum absolute atomic E-state index is 0.231. The van der Waals surface area contributed by atoms with Crippen LogP contribution >= 0.6 is 11.3 Å². The van der Waals surface area contributed by atoms with Gasteiger partial charge in [-0.15, -0.1) is 11.3 Å². The summed E-state index contributed by atoms with van der Waals surface area (Å²) in [6.07, 6.45) is 2.66. The summed E-state index contributed by atoms with van der Waals surface area (Å²) < 4.78 is 0. The number of hydrogen-bond acceptors (Lipinski definition) is 4. The highest BCUT2D eigenvalue weighted by Crippen LogP contribution is 2.19. The van der Waals surface area contributed by atoms with E-state index >= 15 is 0 Å². The smallest absolute Gasteiger partial charge is 0.328 e. The lowest BCUT2D eigenvalue weighted by atomic mass is 10.3. The average molecular weight is 268 g/mol. The number of likely N-dealkylation sites (N-methyl/N-ethyl adjacent to an activating group) is 1. The second-order valence-corrected chi connectivity index (χ2v) is 4.95. The fourth-order valence-corrected chi connectivity index (χ4v) is 2.40. The molecule has 0 atom stereocenters. The van der Waals surface area contributed by atoms with Crippen LogP contribution < -0.4 is 5.73 Å². The van der Waals surface area contributed by atoms with Crippen molar-refractivity contribution in [1.82, 2.24) is 4.90 Å². The molecule has 0 aliphatic rings. The monoisotopic (exact) mass is 268 g/mol. The Bertz CT molecular complexity index is 454. The van der Waals surface area contributed by atoms with Crippen molar-refractivity contribution < 1.29 is 14.7 Å². The molecule has 1 heterocycles. The van der Waals surface area contributed by atoms with Gasteiger partial charge in [-0.1, -0.05) is 6.92 Å². The van der Waals surface area contributed by atoms with Gasteiger partial charge in [0.2, 0.25) is 5.91 Å². The Morgan fingerprint density at radius 2 is 2.22 bits per heavy atom. The first kappa shape index (κ1) is 14.4. The SMILES string of the molecule is CCN(CC(N)=O)Cc1ccc(/C=C/C(=O)O)s1. The summed E-state index contributed by atoms with van der Waals surface area (Å²) in [6, 6.07) is 3.79. The van der Waals surface area contributed by atoms with Gasteiger partial charge < -0.3 is 10.8 Å². The molecule has 0 saturated heterocycles. The van der Waals surface area contributed by atoms with E-state index in [0.717, 1.165) is 22.4 Å². The third-order valence-corrected chi connectivity index (χ3v) is 3.31. The van der Waals surface area contributed by atoms with E-state index in [9.17, 15) is 9.59 Å². The van der Waals surface area contributed by atoms with Gasteiger partial charge in [0.05, 0.1) is 6.54 Å². The van der Waals surface area contributed by atoms with Gasteiger partial charge in [-0.3, -0.25) is 9.69 Å². The van der Waals surface area contributed by atoms with Gasteiger partial charge in [-0.25, -0.2) is 4.79 Å². The van der Waals surface area contributed by atoms with Gasteiger partial charge in [-0.2, -0.15) is 0 Å². The van der Waals surface area contributed by atoms with E-state index in [4.69, 9.17) is 10.8 Å². The minimum Gasteiger partial charge on any atom is -0.478 e. The molecule has 0 radical (unpaired) electrons. The first-order valence-corrected chi connectivity index (χ1v) is 6.33. The lowest BCUT2D eigenvalue weighted by Gasteiger charge is -2.16. The topological polar surface area (TPSA) is 83.6 Å². The van der Waals surface area contributed by atoms with E-state index in [2.05, 4.69) is 0 Å². The molecule has 0 spiro atoms. The number of rotatable bonds is 7. The van der Waals surface area contributed by atoms with Gasteiger partial charge in [0, 0.05) is 22.4 Å². The molecule has 1 aromatic heterocycles. The highest BCUT2D eigenvalue weighted by atomic mass is 32.1. The van der Waals surface area contributed by atoms with Gasteiger partial charge in [0.25, 0.3) is 0 Å². The first-order chi connectivity index (χ1) is 8.51. The Morgan fingerprint density at radius 3 is 2.78 bits per heavy atom. The van der Waals surface area contributed by atoms with Gasteiger partial charge >= 0.3 is 5.97 Å². The number of hydrogen-bond donors (Lipinski definition) is 2. The third kappa shape index (κ3) is 5.11. The summed E-state index contributed by atoms with van der Waals surface area (Å²) in [7, 11) is 0. The number of primary amides is 1. The predicted octanol–water partition coefficient (Wildman–Crippen LogP) is 1.15. The zero-order valence-corrected chi connectivity index (χ0v) is 10.9. The van der Waals surface area contributed by atoms with Gasteiger partial charge in [-0.05, 0) is 24.8 Å². The van der Waals surface area contributed by atoms with Crippen LogP contribution in [-0.4, -0.2) is 35.0 Å². The molecule has 18 heavy (non-hydrogen) atoms. The normalized spacial score (nSPS) is 11.2. The van der Waals surface area contributed by atoms with Crippen molar-refractivity contribution in [3.63, 3.8) is 0 Å². The van der Waals surface area contributed by atoms with Crippen molar-refractivity contribution in [2.45, 2.75) is 13.5 Å². The summed E-state index contributed by atoms with van der Waals surface area (Å²) >= 11 is 1.50. The molecular weight excluding hydrogens is 252 g/mol. The number of nitrogens with two attached hydrogens (primary N) is 1. The van der Waals surface area contributed by atoms with Crippen LogP contribution in [-0.2, 0) is 16.1 Å². The van der Waals surface area contributed by atoms with Crippen LogP contribution in [0.2, 0.25) is 0 Å². The van der Waals surface area contributed by atoms with Crippen molar-refractivity contribution in [3.8, 4) is 0 Å². The maximum Gasteiger partial charge on any atom is 0.328 e. The summed E-state index contributed by atoms with van der Waals surface area (Å²) in [5.41, 5.74) is 5.16. The number of carbonyl (C=O) groups is 2. The second kappa shape index (κ2) is 6.93. The molecule has 1 amide bonds. The van der Waals surface area contributed by atoms with E-state index in [0.29, 0.717) is 6.54 Å². The summed E-state index contributed by atoms with van der Waals surface area (Å²) in [5, 5.41) is 8.52. The van der Waals surface area contributed by atoms with E-state index < -0.39 is 5.97 Å². The van der Waals surface area contributed by atoms with E-state index in [1.165, 1.54) is 11.3 Å². The molecule has 0 unspecified atom stereocenters. The number of nitrogens with zero attached hydrogens (tertiary/aromatic N) is 1. The number of carboxylic acid groups (broad SMARTS) is 1. The molecule has 5 nitrogen and oxygen atoms in total. The van der Waals surface area contributed by atoms with Crippen LogP contribution in [0.25, 0.3) is 6.08 Å². The van der Waals surface area contributed by atoms with E-state index in [1.54, 1.807) is 6.08 Å². The van der Waals surface area contributed by atoms with Crippen LogP contribution in [0, 0.1) is 0 Å². The molecule has 0 saturated carbocycles. The fourth-order valence-electron chi connectivity index (χ4n) is 1.44. The maximum absolute atomic E-state index is 10.8. The van der Waals surface area contributed by atoms with Gasteiger partial charge in [0.1, 0.15) is 0 Å². The zero-order chi connectivity index (χ0) is 13.5. The highest BCUT2D eigenvalue weighted by molar-refractivity contribution is 7.12. The Labute approximate surface area is 110 Å². The van der Waals surface area contributed by atoms with E-state index in [1.807, 2.05) is 24.0 Å².